The molecule has 0 spiro atoms. The van der Waals surface area contributed by atoms with Gasteiger partial charge in [-0.05, 0) is 6.07 Å². The Bertz CT molecular complexity index is 1010. The van der Waals surface area contributed by atoms with Crippen LogP contribution in [0.1, 0.15) is 0 Å². The standard InChI is InChI=1S/C16H16ClF2N7O/c17-14-12(9-22-26(16(14)27)10-13(18)19)23-5-7-24(8-6-23)15-11-1-2-21-25(11)4-3-20-15/h1-4,9,13H,5-8,10H2. The maximum atomic E-state index is 12.5. The van der Waals surface area contributed by atoms with Crippen LogP contribution in [0.25, 0.3) is 5.52 Å². The van der Waals surface area contributed by atoms with Crippen LogP contribution in [0.3, 0.4) is 0 Å². The predicted octanol–water partition coefficient (Wildman–Crippen LogP) is 1.53. The number of rotatable bonds is 4. The number of fused-ring (bicyclic) bond motifs is 1. The smallest absolute Gasteiger partial charge is 0.287 e. The zero-order valence-electron chi connectivity index (χ0n) is 14.2. The van der Waals surface area contributed by atoms with Crippen LogP contribution in [-0.4, -0.2) is 57.0 Å². The molecule has 0 amide bonds. The summed E-state index contributed by atoms with van der Waals surface area (Å²) in [7, 11) is 0. The lowest BCUT2D eigenvalue weighted by Gasteiger charge is -2.36. The highest BCUT2D eigenvalue weighted by Gasteiger charge is 2.23. The van der Waals surface area contributed by atoms with Gasteiger partial charge in [-0.2, -0.15) is 10.2 Å². The zero-order chi connectivity index (χ0) is 19.0. The van der Waals surface area contributed by atoms with E-state index in [2.05, 4.69) is 20.1 Å². The topological polar surface area (TPSA) is 71.6 Å². The van der Waals surface area contributed by atoms with Crippen molar-refractivity contribution < 1.29 is 8.78 Å². The molecule has 11 heteroatoms. The third-order valence-electron chi connectivity index (χ3n) is 4.50. The van der Waals surface area contributed by atoms with E-state index in [0.29, 0.717) is 36.5 Å². The molecule has 0 radical (unpaired) electrons. The van der Waals surface area contributed by atoms with Gasteiger partial charge in [-0.15, -0.1) is 0 Å². The maximum absolute atomic E-state index is 12.5. The lowest BCUT2D eigenvalue weighted by molar-refractivity contribution is 0.119. The van der Waals surface area contributed by atoms with E-state index in [1.807, 2.05) is 11.0 Å². The van der Waals surface area contributed by atoms with Gasteiger partial charge in [0.15, 0.2) is 5.82 Å². The van der Waals surface area contributed by atoms with E-state index < -0.39 is 18.5 Å². The zero-order valence-corrected chi connectivity index (χ0v) is 14.9. The summed E-state index contributed by atoms with van der Waals surface area (Å²) in [6.45, 7) is 1.74. The summed E-state index contributed by atoms with van der Waals surface area (Å²) < 4.78 is 27.5. The molecule has 1 aliphatic heterocycles. The number of hydrogen-bond acceptors (Lipinski definition) is 6. The van der Waals surface area contributed by atoms with Crippen LogP contribution < -0.4 is 15.4 Å². The highest BCUT2D eigenvalue weighted by atomic mass is 35.5. The second-order valence-electron chi connectivity index (χ2n) is 6.11. The molecule has 0 unspecified atom stereocenters. The van der Waals surface area contributed by atoms with Crippen LogP contribution in [0.4, 0.5) is 20.3 Å². The van der Waals surface area contributed by atoms with E-state index in [-0.39, 0.29) is 5.02 Å². The maximum Gasteiger partial charge on any atom is 0.287 e. The van der Waals surface area contributed by atoms with Gasteiger partial charge < -0.3 is 9.80 Å². The van der Waals surface area contributed by atoms with Gasteiger partial charge in [0.1, 0.15) is 17.1 Å². The van der Waals surface area contributed by atoms with Crippen LogP contribution in [0.15, 0.2) is 35.6 Å². The van der Waals surface area contributed by atoms with Crippen LogP contribution in [0, 0.1) is 0 Å². The molecule has 3 aromatic heterocycles. The summed E-state index contributed by atoms with van der Waals surface area (Å²) in [6.07, 6.45) is 3.91. The number of alkyl halides is 2. The Morgan fingerprint density at radius 3 is 2.59 bits per heavy atom. The number of nitrogens with zero attached hydrogens (tertiary/aromatic N) is 7. The minimum Gasteiger partial charge on any atom is -0.365 e. The van der Waals surface area contributed by atoms with Crippen LogP contribution in [0.2, 0.25) is 5.02 Å². The van der Waals surface area contributed by atoms with Gasteiger partial charge in [0, 0.05) is 38.6 Å². The molecule has 1 aliphatic rings. The van der Waals surface area contributed by atoms with Gasteiger partial charge in [-0.25, -0.2) is 23.0 Å². The molecular formula is C16H16ClF2N7O. The van der Waals surface area contributed by atoms with Crippen LogP contribution in [-0.2, 0) is 6.54 Å². The van der Waals surface area contributed by atoms with Gasteiger partial charge in [-0.1, -0.05) is 11.6 Å². The van der Waals surface area contributed by atoms with Crippen molar-refractivity contribution in [1.29, 1.82) is 0 Å². The molecule has 0 saturated carbocycles. The summed E-state index contributed by atoms with van der Waals surface area (Å²) in [6, 6.07) is 1.90. The first-order valence-electron chi connectivity index (χ1n) is 8.36. The van der Waals surface area contributed by atoms with Crippen molar-refractivity contribution in [3.63, 3.8) is 0 Å². The van der Waals surface area contributed by atoms with Gasteiger partial charge in [-0.3, -0.25) is 4.79 Å². The lowest BCUT2D eigenvalue weighted by atomic mass is 10.2. The van der Waals surface area contributed by atoms with Gasteiger partial charge in [0.05, 0.1) is 18.1 Å². The summed E-state index contributed by atoms with van der Waals surface area (Å²) in [4.78, 5) is 20.7. The SMILES string of the molecule is O=c1c(Cl)c(N2CCN(c3nccn4nccc34)CC2)cnn1CC(F)F. The first-order chi connectivity index (χ1) is 13.0. The van der Waals surface area contributed by atoms with Crippen molar-refractivity contribution in [1.82, 2.24) is 24.4 Å². The number of piperazine rings is 1. The fourth-order valence-electron chi connectivity index (χ4n) is 3.18. The fourth-order valence-corrected chi connectivity index (χ4v) is 3.45. The highest BCUT2D eigenvalue weighted by Crippen LogP contribution is 2.25. The molecule has 0 atom stereocenters. The Balaban J connectivity index is 1.52. The van der Waals surface area contributed by atoms with Crippen molar-refractivity contribution >= 4 is 28.6 Å². The average molecular weight is 396 g/mol. The summed E-state index contributed by atoms with van der Waals surface area (Å²) in [5.41, 5.74) is 0.671. The second kappa shape index (κ2) is 7.10. The molecule has 142 valence electrons. The summed E-state index contributed by atoms with van der Waals surface area (Å²) >= 11 is 6.13. The molecule has 0 aromatic carbocycles. The fraction of sp³-hybridized carbons (Fsp3) is 0.375. The van der Waals surface area contributed by atoms with Crippen LogP contribution >= 0.6 is 11.6 Å². The van der Waals surface area contributed by atoms with E-state index in [1.54, 1.807) is 23.1 Å². The van der Waals surface area contributed by atoms with Crippen molar-refractivity contribution in [2.45, 2.75) is 13.0 Å². The largest absolute Gasteiger partial charge is 0.365 e. The van der Waals surface area contributed by atoms with Crippen molar-refractivity contribution in [3.05, 3.63) is 46.2 Å². The third kappa shape index (κ3) is 3.32. The van der Waals surface area contributed by atoms with Crippen molar-refractivity contribution in [3.8, 4) is 0 Å². The minimum absolute atomic E-state index is 0.0879. The Labute approximate surface area is 157 Å². The molecule has 1 saturated heterocycles. The highest BCUT2D eigenvalue weighted by molar-refractivity contribution is 6.33. The average Bonchev–Trinajstić information content (AvgIpc) is 3.14. The monoisotopic (exact) mass is 395 g/mol. The molecule has 8 nitrogen and oxygen atoms in total. The van der Waals surface area contributed by atoms with E-state index in [0.717, 1.165) is 11.3 Å². The lowest BCUT2D eigenvalue weighted by Crippen LogP contribution is -2.47. The molecule has 1 fully saturated rings. The molecule has 27 heavy (non-hydrogen) atoms. The Morgan fingerprint density at radius 2 is 1.85 bits per heavy atom. The first kappa shape index (κ1) is 17.7. The molecule has 4 rings (SSSR count). The second-order valence-corrected chi connectivity index (χ2v) is 6.49. The molecule has 0 N–H and O–H groups in total. The van der Waals surface area contributed by atoms with E-state index in [1.165, 1.54) is 6.20 Å². The summed E-state index contributed by atoms with van der Waals surface area (Å²) in [5, 5.41) is 7.95. The number of anilines is 2. The molecule has 0 bridgehead atoms. The Hall–Kier alpha value is -2.75. The first-order valence-corrected chi connectivity index (χ1v) is 8.74. The Morgan fingerprint density at radius 1 is 1.11 bits per heavy atom. The molecule has 0 aliphatic carbocycles. The van der Waals surface area contributed by atoms with E-state index in [9.17, 15) is 13.6 Å². The van der Waals surface area contributed by atoms with Crippen molar-refractivity contribution in [2.75, 3.05) is 36.0 Å². The summed E-state index contributed by atoms with van der Waals surface area (Å²) in [5.74, 6) is 0.839. The molecule has 3 aromatic rings. The quantitative estimate of drug-likeness (QED) is 0.667. The number of hydrogen-bond donors (Lipinski definition) is 0. The Kier molecular flexibility index (Phi) is 4.65. The third-order valence-corrected chi connectivity index (χ3v) is 4.86. The van der Waals surface area contributed by atoms with Gasteiger partial charge in [0.25, 0.3) is 12.0 Å². The van der Waals surface area contributed by atoms with Gasteiger partial charge >= 0.3 is 0 Å². The van der Waals surface area contributed by atoms with E-state index in [4.69, 9.17) is 11.6 Å². The molecule has 4 heterocycles. The van der Waals surface area contributed by atoms with E-state index >= 15 is 0 Å². The van der Waals surface area contributed by atoms with Crippen LogP contribution in [0.5, 0.6) is 0 Å². The molecular weight excluding hydrogens is 380 g/mol. The van der Waals surface area contributed by atoms with Gasteiger partial charge in [0.2, 0.25) is 0 Å². The van der Waals surface area contributed by atoms with Crippen molar-refractivity contribution in [2.24, 2.45) is 0 Å². The normalized spacial score (nSPS) is 15.1. The minimum atomic E-state index is -2.67. The predicted molar refractivity (Wildman–Crippen MR) is 96.9 cm³/mol. The number of halogens is 3. The number of aromatic nitrogens is 5.